The summed E-state index contributed by atoms with van der Waals surface area (Å²) in [6.07, 6.45) is 0. The third-order valence-electron chi connectivity index (χ3n) is 10.6. The first-order chi connectivity index (χ1) is 27.7. The predicted molar refractivity (Wildman–Crippen MR) is 225 cm³/mol. The number of para-hydroxylation sites is 2. The van der Waals surface area contributed by atoms with E-state index in [9.17, 15) is 0 Å². The maximum absolute atomic E-state index is 7.13. The van der Waals surface area contributed by atoms with Gasteiger partial charge in [0.1, 0.15) is 22.7 Å². The minimum absolute atomic E-state index is 0.575. The number of rotatable bonds is 3. The standard InChI is InChI=1S/C51H31N3O2/c1-3-15-32(16-4-1)49-52-50(33-17-5-2-6-18-33)54-51(53-49)34-27-28-39-37-21-8-7-19-35(37)36-20-9-10-22-38(36)40-23-11-13-25-45(40)55-48-30-43-41-24-12-14-26-46(41)56-47(43)31-44(48)42(39)29-34/h1-31H. The second kappa shape index (κ2) is 13.0. The van der Waals surface area contributed by atoms with Crippen molar-refractivity contribution in [1.29, 1.82) is 0 Å². The van der Waals surface area contributed by atoms with Gasteiger partial charge in [0, 0.05) is 38.6 Å². The van der Waals surface area contributed by atoms with Crippen LogP contribution in [0.25, 0.3) is 101 Å². The molecular weight excluding hydrogens is 687 g/mol. The van der Waals surface area contributed by atoms with E-state index in [-0.39, 0.29) is 0 Å². The Kier molecular flexibility index (Phi) is 7.42. The van der Waals surface area contributed by atoms with Crippen molar-refractivity contribution in [2.24, 2.45) is 0 Å². The van der Waals surface area contributed by atoms with Crippen LogP contribution in [-0.2, 0) is 0 Å². The van der Waals surface area contributed by atoms with E-state index in [1.807, 2.05) is 84.9 Å². The molecule has 5 nitrogen and oxygen atoms in total. The molecule has 8 aromatic carbocycles. The molecule has 0 atom stereocenters. The molecule has 0 bridgehead atoms. The van der Waals surface area contributed by atoms with Gasteiger partial charge in [0.2, 0.25) is 0 Å². The normalized spacial score (nSPS) is 11.7. The number of hydrogen-bond donors (Lipinski definition) is 0. The number of fused-ring (bicyclic) bond motifs is 12. The van der Waals surface area contributed by atoms with Crippen LogP contribution < -0.4 is 4.74 Å². The first-order valence-corrected chi connectivity index (χ1v) is 18.7. The van der Waals surface area contributed by atoms with Crippen molar-refractivity contribution in [2.45, 2.75) is 0 Å². The van der Waals surface area contributed by atoms with Crippen LogP contribution in [0.15, 0.2) is 192 Å². The lowest BCUT2D eigenvalue weighted by atomic mass is 9.86. The molecule has 1 aliphatic heterocycles. The zero-order valence-corrected chi connectivity index (χ0v) is 30.1. The van der Waals surface area contributed by atoms with Crippen LogP contribution in [0.1, 0.15) is 0 Å². The van der Waals surface area contributed by atoms with Gasteiger partial charge in [-0.2, -0.15) is 0 Å². The quantitative estimate of drug-likeness (QED) is 0.182. The summed E-state index contributed by atoms with van der Waals surface area (Å²) in [5.74, 6) is 3.28. The third kappa shape index (κ3) is 5.37. The van der Waals surface area contributed by atoms with E-state index in [1.54, 1.807) is 0 Å². The van der Waals surface area contributed by atoms with Crippen LogP contribution in [-0.4, -0.2) is 15.0 Å². The van der Waals surface area contributed by atoms with Gasteiger partial charge in [0.05, 0.1) is 0 Å². The topological polar surface area (TPSA) is 61.0 Å². The smallest absolute Gasteiger partial charge is 0.164 e. The SMILES string of the molecule is c1ccc(-c2nc(-c3ccccc3)nc(-c3ccc4c(c3)-c3cc5oc6ccccc6c5cc3Oc3ccccc3-c3ccccc3-c3ccccc3-4)n2)cc1. The Bertz CT molecular complexity index is 3060. The Balaban J connectivity index is 1.23. The molecule has 3 heterocycles. The second-order valence-electron chi connectivity index (χ2n) is 13.9. The number of hydrogen-bond acceptors (Lipinski definition) is 5. The van der Waals surface area contributed by atoms with Gasteiger partial charge >= 0.3 is 0 Å². The Labute approximate surface area is 323 Å². The number of ether oxygens (including phenoxy) is 1. The average Bonchev–Trinajstić information content (AvgIpc) is 3.63. The van der Waals surface area contributed by atoms with E-state index >= 15 is 0 Å². The fourth-order valence-corrected chi connectivity index (χ4v) is 7.93. The van der Waals surface area contributed by atoms with Gasteiger partial charge in [-0.05, 0) is 63.7 Å². The highest BCUT2D eigenvalue weighted by molar-refractivity contribution is 6.08. The fourth-order valence-electron chi connectivity index (χ4n) is 7.93. The van der Waals surface area contributed by atoms with Crippen LogP contribution in [0.3, 0.4) is 0 Å². The molecule has 0 unspecified atom stereocenters. The molecule has 0 saturated carbocycles. The summed E-state index contributed by atoms with van der Waals surface area (Å²) in [6, 6.07) is 64.6. The molecule has 0 amide bonds. The van der Waals surface area contributed by atoms with Gasteiger partial charge in [-0.15, -0.1) is 0 Å². The maximum atomic E-state index is 7.13. The number of furan rings is 1. The lowest BCUT2D eigenvalue weighted by Crippen LogP contribution is -2.00. The molecule has 0 N–H and O–H groups in total. The molecule has 0 saturated heterocycles. The number of nitrogens with zero attached hydrogens (tertiary/aromatic N) is 3. The van der Waals surface area contributed by atoms with Gasteiger partial charge in [-0.1, -0.05) is 158 Å². The van der Waals surface area contributed by atoms with Gasteiger partial charge < -0.3 is 9.15 Å². The van der Waals surface area contributed by atoms with Crippen LogP contribution >= 0.6 is 0 Å². The van der Waals surface area contributed by atoms with Gasteiger partial charge in [-0.25, -0.2) is 15.0 Å². The molecule has 0 aliphatic carbocycles. The summed E-state index contributed by atoms with van der Waals surface area (Å²) in [7, 11) is 0. The summed E-state index contributed by atoms with van der Waals surface area (Å²) in [5, 5.41) is 2.02. The van der Waals surface area contributed by atoms with Crippen molar-refractivity contribution in [1.82, 2.24) is 15.0 Å². The Morgan fingerprint density at radius 3 is 1.43 bits per heavy atom. The van der Waals surface area contributed by atoms with Crippen molar-refractivity contribution < 1.29 is 9.15 Å². The van der Waals surface area contributed by atoms with Crippen molar-refractivity contribution in [2.75, 3.05) is 0 Å². The Hall–Kier alpha value is -7.63. The zero-order valence-electron chi connectivity index (χ0n) is 30.1. The van der Waals surface area contributed by atoms with Gasteiger partial charge in [-0.3, -0.25) is 0 Å². The monoisotopic (exact) mass is 717 g/mol. The van der Waals surface area contributed by atoms with E-state index < -0.39 is 0 Å². The minimum Gasteiger partial charge on any atom is -0.456 e. The Morgan fingerprint density at radius 2 is 0.786 bits per heavy atom. The van der Waals surface area contributed by atoms with Gasteiger partial charge in [0.25, 0.3) is 0 Å². The summed E-state index contributed by atoms with van der Waals surface area (Å²) in [5.41, 5.74) is 12.7. The third-order valence-corrected chi connectivity index (χ3v) is 10.6. The molecule has 10 aromatic rings. The van der Waals surface area contributed by atoms with E-state index in [4.69, 9.17) is 24.1 Å². The van der Waals surface area contributed by atoms with Gasteiger partial charge in [0.15, 0.2) is 17.5 Å². The molecule has 2 aromatic heterocycles. The molecule has 262 valence electrons. The fraction of sp³-hybridized carbons (Fsp3) is 0. The first-order valence-electron chi connectivity index (χ1n) is 18.7. The maximum Gasteiger partial charge on any atom is 0.164 e. The molecule has 0 radical (unpaired) electrons. The van der Waals surface area contributed by atoms with Crippen molar-refractivity contribution in [3.05, 3.63) is 188 Å². The Morgan fingerprint density at radius 1 is 0.286 bits per heavy atom. The predicted octanol–water partition coefficient (Wildman–Crippen LogP) is 13.5. The molecule has 0 spiro atoms. The van der Waals surface area contributed by atoms with Crippen LogP contribution in [0.2, 0.25) is 0 Å². The summed E-state index contributed by atoms with van der Waals surface area (Å²) in [4.78, 5) is 15.2. The van der Waals surface area contributed by atoms with Crippen LogP contribution in [0.5, 0.6) is 11.5 Å². The average molecular weight is 718 g/mol. The molecule has 1 aliphatic rings. The second-order valence-corrected chi connectivity index (χ2v) is 13.9. The van der Waals surface area contributed by atoms with Crippen LogP contribution in [0.4, 0.5) is 0 Å². The molecule has 56 heavy (non-hydrogen) atoms. The highest BCUT2D eigenvalue weighted by Crippen LogP contribution is 2.50. The molecule has 11 rings (SSSR count). The lowest BCUT2D eigenvalue weighted by molar-refractivity contribution is 0.487. The number of aromatic nitrogens is 3. The molecule has 0 fully saturated rings. The lowest BCUT2D eigenvalue weighted by Gasteiger charge is -2.18. The van der Waals surface area contributed by atoms with E-state index in [0.29, 0.717) is 17.5 Å². The van der Waals surface area contributed by atoms with Crippen LogP contribution in [0, 0.1) is 0 Å². The first kappa shape index (κ1) is 31.9. The highest BCUT2D eigenvalue weighted by atomic mass is 16.5. The van der Waals surface area contributed by atoms with E-state index in [0.717, 1.165) is 94.6 Å². The summed E-state index contributed by atoms with van der Waals surface area (Å²) < 4.78 is 13.7. The van der Waals surface area contributed by atoms with Crippen molar-refractivity contribution in [3.63, 3.8) is 0 Å². The highest BCUT2D eigenvalue weighted by Gasteiger charge is 2.24. The van der Waals surface area contributed by atoms with E-state index in [2.05, 4.69) is 103 Å². The summed E-state index contributed by atoms with van der Waals surface area (Å²) >= 11 is 0. The molecular formula is C51H31N3O2. The largest absolute Gasteiger partial charge is 0.456 e. The van der Waals surface area contributed by atoms with Crippen molar-refractivity contribution >= 4 is 21.9 Å². The van der Waals surface area contributed by atoms with Crippen molar-refractivity contribution in [3.8, 4) is 90.2 Å². The summed E-state index contributed by atoms with van der Waals surface area (Å²) in [6.45, 7) is 0. The zero-order chi connectivity index (χ0) is 37.0. The minimum atomic E-state index is 0.575. The molecule has 5 heteroatoms. The number of benzene rings is 8. The van der Waals surface area contributed by atoms with E-state index in [1.165, 1.54) is 0 Å².